The number of likely N-dealkylation sites (tertiary alicyclic amines) is 1. The van der Waals surface area contributed by atoms with E-state index >= 15 is 0 Å². The maximum Gasteiger partial charge on any atom is 0.0758 e. The number of halogens is 2. The van der Waals surface area contributed by atoms with Crippen LogP contribution in [0, 0.1) is 0 Å². The molecule has 0 aromatic heterocycles. The van der Waals surface area contributed by atoms with Crippen molar-refractivity contribution in [1.29, 1.82) is 0 Å². The van der Waals surface area contributed by atoms with Gasteiger partial charge in [0.25, 0.3) is 0 Å². The molecule has 1 fully saturated rings. The molecule has 2 nitrogen and oxygen atoms in total. The molecule has 0 amide bonds. The highest BCUT2D eigenvalue weighted by Crippen LogP contribution is 2.26. The average Bonchev–Trinajstić information content (AvgIpc) is 2.52. The smallest absolute Gasteiger partial charge is 0.0758 e. The molecule has 0 saturated carbocycles. The lowest BCUT2D eigenvalue weighted by atomic mass is 10.1. The maximum atomic E-state index is 9.87. The van der Waals surface area contributed by atoms with Gasteiger partial charge in [0.15, 0.2) is 0 Å². The first kappa shape index (κ1) is 12.2. The molecule has 0 radical (unpaired) electrons. The summed E-state index contributed by atoms with van der Waals surface area (Å²) < 4.78 is 0. The van der Waals surface area contributed by atoms with Crippen LogP contribution in [0.5, 0.6) is 0 Å². The molecule has 1 aromatic rings. The summed E-state index contributed by atoms with van der Waals surface area (Å²) in [6.07, 6.45) is 0.811. The first-order valence-electron chi connectivity index (χ1n) is 5.35. The van der Waals surface area contributed by atoms with Gasteiger partial charge in [0, 0.05) is 29.7 Å². The van der Waals surface area contributed by atoms with Crippen molar-refractivity contribution >= 4 is 23.2 Å². The SMILES string of the molecule is CC1(O)CCN(Cc2cc(Cl)ccc2Cl)C1. The molecular weight excluding hydrogens is 245 g/mol. The van der Waals surface area contributed by atoms with Crippen LogP contribution in [0.4, 0.5) is 0 Å². The van der Waals surface area contributed by atoms with Crippen LogP contribution in [0.1, 0.15) is 18.9 Å². The molecule has 16 heavy (non-hydrogen) atoms. The van der Waals surface area contributed by atoms with Gasteiger partial charge in [0.05, 0.1) is 5.60 Å². The fraction of sp³-hybridized carbons (Fsp3) is 0.500. The van der Waals surface area contributed by atoms with Gasteiger partial charge in [-0.05, 0) is 37.1 Å². The van der Waals surface area contributed by atoms with Crippen molar-refractivity contribution in [1.82, 2.24) is 4.90 Å². The highest BCUT2D eigenvalue weighted by atomic mass is 35.5. The van der Waals surface area contributed by atoms with Crippen LogP contribution in [0.3, 0.4) is 0 Å². The Morgan fingerprint density at radius 1 is 1.44 bits per heavy atom. The van der Waals surface area contributed by atoms with Gasteiger partial charge in [-0.25, -0.2) is 0 Å². The van der Waals surface area contributed by atoms with E-state index in [1.54, 1.807) is 6.07 Å². The molecule has 0 bridgehead atoms. The standard InChI is InChI=1S/C12H15Cl2NO/c1-12(16)4-5-15(8-12)7-9-6-10(13)2-3-11(9)14/h2-3,6,16H,4-5,7-8H2,1H3. The van der Waals surface area contributed by atoms with Crippen molar-refractivity contribution in [2.45, 2.75) is 25.5 Å². The first-order chi connectivity index (χ1) is 7.46. The molecule has 1 N–H and O–H groups in total. The zero-order valence-corrected chi connectivity index (χ0v) is 10.7. The molecule has 1 aliphatic heterocycles. The van der Waals surface area contributed by atoms with Crippen molar-refractivity contribution in [2.24, 2.45) is 0 Å². The third-order valence-electron chi connectivity index (χ3n) is 2.93. The Hall–Kier alpha value is -0.280. The van der Waals surface area contributed by atoms with E-state index in [4.69, 9.17) is 23.2 Å². The van der Waals surface area contributed by atoms with Crippen LogP contribution in [0.15, 0.2) is 18.2 Å². The molecule has 4 heteroatoms. The van der Waals surface area contributed by atoms with Gasteiger partial charge in [-0.2, -0.15) is 0 Å². The van der Waals surface area contributed by atoms with Gasteiger partial charge in [0.1, 0.15) is 0 Å². The van der Waals surface area contributed by atoms with E-state index in [1.807, 2.05) is 19.1 Å². The number of aliphatic hydroxyl groups is 1. The summed E-state index contributed by atoms with van der Waals surface area (Å²) in [5.41, 5.74) is 0.456. The highest BCUT2D eigenvalue weighted by Gasteiger charge is 2.31. The molecule has 1 aliphatic rings. The lowest BCUT2D eigenvalue weighted by Crippen LogP contribution is -2.29. The Morgan fingerprint density at radius 3 is 2.81 bits per heavy atom. The summed E-state index contributed by atoms with van der Waals surface area (Å²) in [5, 5.41) is 11.3. The maximum absolute atomic E-state index is 9.87. The van der Waals surface area contributed by atoms with Crippen LogP contribution in [0.25, 0.3) is 0 Å². The number of benzene rings is 1. The van der Waals surface area contributed by atoms with Gasteiger partial charge < -0.3 is 5.11 Å². The lowest BCUT2D eigenvalue weighted by Gasteiger charge is -2.19. The van der Waals surface area contributed by atoms with Crippen molar-refractivity contribution < 1.29 is 5.11 Å². The minimum Gasteiger partial charge on any atom is -0.389 e. The topological polar surface area (TPSA) is 23.5 Å². The summed E-state index contributed by atoms with van der Waals surface area (Å²) in [6.45, 7) is 4.20. The van der Waals surface area contributed by atoms with Crippen molar-refractivity contribution in [3.05, 3.63) is 33.8 Å². The predicted octanol–water partition coefficient (Wildman–Crippen LogP) is 2.95. The second kappa shape index (κ2) is 4.53. The normalized spacial score (nSPS) is 26.2. The van der Waals surface area contributed by atoms with Gasteiger partial charge in [0.2, 0.25) is 0 Å². The number of hydrogen-bond donors (Lipinski definition) is 1. The summed E-state index contributed by atoms with van der Waals surface area (Å²) in [5.74, 6) is 0. The van der Waals surface area contributed by atoms with Crippen LogP contribution < -0.4 is 0 Å². The fourth-order valence-corrected chi connectivity index (χ4v) is 2.45. The van der Waals surface area contributed by atoms with E-state index in [0.717, 1.165) is 30.1 Å². The fourth-order valence-electron chi connectivity index (χ4n) is 2.08. The molecule has 0 aliphatic carbocycles. The lowest BCUT2D eigenvalue weighted by molar-refractivity contribution is 0.0679. The second-order valence-corrected chi connectivity index (χ2v) is 5.54. The predicted molar refractivity (Wildman–Crippen MR) is 67.0 cm³/mol. The number of β-amino-alcohol motifs (C(OH)–C–C–N with tert-alkyl or cyclic N) is 1. The quantitative estimate of drug-likeness (QED) is 0.883. The summed E-state index contributed by atoms with van der Waals surface area (Å²) >= 11 is 12.0. The van der Waals surface area contributed by atoms with E-state index < -0.39 is 5.60 Å². The second-order valence-electron chi connectivity index (χ2n) is 4.69. The van der Waals surface area contributed by atoms with E-state index in [9.17, 15) is 5.11 Å². The van der Waals surface area contributed by atoms with Gasteiger partial charge in [-0.1, -0.05) is 23.2 Å². The van der Waals surface area contributed by atoms with Crippen LogP contribution in [-0.4, -0.2) is 28.7 Å². The van der Waals surface area contributed by atoms with Crippen molar-refractivity contribution in [2.75, 3.05) is 13.1 Å². The summed E-state index contributed by atoms with van der Waals surface area (Å²) in [6, 6.07) is 5.48. The summed E-state index contributed by atoms with van der Waals surface area (Å²) in [7, 11) is 0. The van der Waals surface area contributed by atoms with Gasteiger partial charge in [-0.15, -0.1) is 0 Å². The molecule has 88 valence electrons. The highest BCUT2D eigenvalue weighted by molar-refractivity contribution is 6.33. The largest absolute Gasteiger partial charge is 0.389 e. The molecular formula is C12H15Cl2NO. The molecule has 0 spiro atoms. The Morgan fingerprint density at radius 2 is 2.19 bits per heavy atom. The monoisotopic (exact) mass is 259 g/mol. The number of hydrogen-bond acceptors (Lipinski definition) is 2. The zero-order chi connectivity index (χ0) is 11.8. The van der Waals surface area contributed by atoms with E-state index in [2.05, 4.69) is 4.90 Å². The van der Waals surface area contributed by atoms with E-state index in [1.165, 1.54) is 0 Å². The van der Waals surface area contributed by atoms with Crippen molar-refractivity contribution in [3.8, 4) is 0 Å². The molecule has 1 saturated heterocycles. The van der Waals surface area contributed by atoms with E-state index in [0.29, 0.717) is 11.6 Å². The van der Waals surface area contributed by atoms with Crippen molar-refractivity contribution in [3.63, 3.8) is 0 Å². The third-order valence-corrected chi connectivity index (χ3v) is 3.54. The average molecular weight is 260 g/mol. The Bertz CT molecular complexity index is 393. The molecule has 1 unspecified atom stereocenters. The van der Waals surface area contributed by atoms with E-state index in [-0.39, 0.29) is 0 Å². The minimum absolute atomic E-state index is 0.564. The molecule has 2 rings (SSSR count). The van der Waals surface area contributed by atoms with Gasteiger partial charge in [-0.3, -0.25) is 4.90 Å². The van der Waals surface area contributed by atoms with Crippen LogP contribution >= 0.6 is 23.2 Å². The Kier molecular flexibility index (Phi) is 3.45. The Balaban J connectivity index is 2.07. The zero-order valence-electron chi connectivity index (χ0n) is 9.21. The van der Waals surface area contributed by atoms with Crippen LogP contribution in [0.2, 0.25) is 10.0 Å². The minimum atomic E-state index is -0.564. The van der Waals surface area contributed by atoms with Crippen LogP contribution in [-0.2, 0) is 6.54 Å². The first-order valence-corrected chi connectivity index (χ1v) is 6.10. The molecule has 1 aromatic carbocycles. The number of nitrogens with zero attached hydrogens (tertiary/aromatic N) is 1. The van der Waals surface area contributed by atoms with Gasteiger partial charge >= 0.3 is 0 Å². The molecule has 1 atom stereocenters. The molecule has 1 heterocycles. The number of rotatable bonds is 2. The third kappa shape index (κ3) is 2.89. The summed E-state index contributed by atoms with van der Waals surface area (Å²) in [4.78, 5) is 2.19. The Labute approximate surface area is 106 Å².